The van der Waals surface area contributed by atoms with E-state index in [1.807, 2.05) is 12.1 Å². The fraction of sp³-hybridized carbons (Fsp3) is 0.558. The molecule has 2 saturated heterocycles. The Morgan fingerprint density at radius 1 is 0.814 bits per heavy atom. The highest BCUT2D eigenvalue weighted by Crippen LogP contribution is 2.23. The highest BCUT2D eigenvalue weighted by molar-refractivity contribution is 6.00. The molecule has 0 radical (unpaired) electrons. The number of unbranched alkanes of at least 4 members (excludes halogenated alkanes) is 3. The number of carbonyl (C=O) groups is 7. The second-order valence-corrected chi connectivity index (χ2v) is 15.3. The molecule has 0 saturated carbocycles. The number of benzene rings is 2. The summed E-state index contributed by atoms with van der Waals surface area (Å²) >= 11 is 0. The molecule has 5 atom stereocenters. The fourth-order valence-corrected chi connectivity index (χ4v) is 7.23. The van der Waals surface area contributed by atoms with E-state index in [2.05, 4.69) is 57.2 Å². The van der Waals surface area contributed by atoms with Gasteiger partial charge in [0.25, 0.3) is 5.91 Å². The fourth-order valence-electron chi connectivity index (χ4n) is 7.23. The Balaban J connectivity index is 1.36. The molecule has 16 heteroatoms. The molecule has 2 heterocycles. The lowest BCUT2D eigenvalue weighted by Gasteiger charge is -2.38. The number of β-lactam (4-membered cyclic amide) rings is 1. The van der Waals surface area contributed by atoms with Crippen LogP contribution in [0.15, 0.2) is 48.5 Å². The largest absolute Gasteiger partial charge is 0.468 e. The van der Waals surface area contributed by atoms with E-state index in [1.165, 1.54) is 29.4 Å². The summed E-state index contributed by atoms with van der Waals surface area (Å²) in [7, 11) is 1.21. The molecular formula is C43H62N8O8. The quantitative estimate of drug-likeness (QED) is 0.0538. The first-order valence-corrected chi connectivity index (χ1v) is 20.9. The summed E-state index contributed by atoms with van der Waals surface area (Å²) in [5, 5.41) is 10.9. The summed E-state index contributed by atoms with van der Waals surface area (Å²) in [6.45, 7) is 4.64. The molecule has 2 fully saturated rings. The lowest BCUT2D eigenvalue weighted by molar-refractivity contribution is -0.155. The molecule has 2 aromatic carbocycles. The van der Waals surface area contributed by atoms with Crippen molar-refractivity contribution in [3.63, 3.8) is 0 Å². The van der Waals surface area contributed by atoms with Crippen molar-refractivity contribution < 1.29 is 38.3 Å². The molecule has 2 aromatic rings. The molecule has 4 rings (SSSR count). The second kappa shape index (κ2) is 23.3. The van der Waals surface area contributed by atoms with Crippen LogP contribution in [0.3, 0.4) is 0 Å². The number of hydrogen-bond donors (Lipinski definition) is 6. The number of esters is 1. The first kappa shape index (κ1) is 46.3. The number of aryl methyl sites for hydroxylation is 1. The Labute approximate surface area is 346 Å². The summed E-state index contributed by atoms with van der Waals surface area (Å²) in [5.74, 6) is -3.57. The van der Waals surface area contributed by atoms with E-state index in [0.717, 1.165) is 30.4 Å². The van der Waals surface area contributed by atoms with Gasteiger partial charge in [0.1, 0.15) is 36.8 Å². The van der Waals surface area contributed by atoms with Gasteiger partial charge in [-0.3, -0.25) is 33.6 Å². The van der Waals surface area contributed by atoms with Crippen molar-refractivity contribution in [1.82, 2.24) is 31.1 Å². The van der Waals surface area contributed by atoms with Crippen LogP contribution >= 0.6 is 0 Å². The van der Waals surface area contributed by atoms with E-state index in [9.17, 15) is 33.6 Å². The van der Waals surface area contributed by atoms with Gasteiger partial charge in [-0.25, -0.2) is 0 Å². The third-order valence-corrected chi connectivity index (χ3v) is 10.9. The number of nitrogens with one attached hydrogen (secondary N) is 4. The molecule has 0 bridgehead atoms. The zero-order valence-electron chi connectivity index (χ0n) is 34.6. The third kappa shape index (κ3) is 13.3. The zero-order chi connectivity index (χ0) is 42.9. The third-order valence-electron chi connectivity index (χ3n) is 10.9. The van der Waals surface area contributed by atoms with Gasteiger partial charge in [0.15, 0.2) is 0 Å². The standard InChI is InChI=1S/C43H62N8O8/c1-4-5-11-29-15-17-30(18-16-29)31-19-21-32(22-20-31)39(54)48-34(13-7-9-24-45)43(58)51-25-10-14-36(51)41(56)46-28(2)38(53)47-33(12-6-8-23-44)40(55)49-35-26-50(42(35)57)27-37(52)59-3/h15-22,28,33-36H,4-14,23-27,44-45H2,1-3H3,(H,46,56)(H,47,53)(H,48,54)(H,49,55)/t28-,33-,34-,35+,36-/m0/s1. The lowest BCUT2D eigenvalue weighted by Crippen LogP contribution is -2.66. The van der Waals surface area contributed by atoms with E-state index in [4.69, 9.17) is 11.5 Å². The topological polar surface area (TPSA) is 235 Å². The highest BCUT2D eigenvalue weighted by atomic mass is 16.5. The van der Waals surface area contributed by atoms with Gasteiger partial charge in [-0.15, -0.1) is 0 Å². The molecule has 0 unspecified atom stereocenters. The second-order valence-electron chi connectivity index (χ2n) is 15.3. The van der Waals surface area contributed by atoms with Crippen molar-refractivity contribution in [1.29, 1.82) is 0 Å². The number of rotatable bonds is 23. The van der Waals surface area contributed by atoms with Crippen LogP contribution in [0.5, 0.6) is 0 Å². The SMILES string of the molecule is CCCCc1ccc(-c2ccc(C(=O)N[C@@H](CCCCN)C(=O)N3CCC[C@H]3C(=O)N[C@@H](C)C(=O)N[C@@H](CCCCN)C(=O)N[C@@H]3CN(CC(=O)OC)C3=O)cc2)cc1. The molecule has 322 valence electrons. The van der Waals surface area contributed by atoms with Gasteiger partial charge in [-0.2, -0.15) is 0 Å². The molecule has 0 spiro atoms. The van der Waals surface area contributed by atoms with Crippen molar-refractivity contribution in [2.24, 2.45) is 11.5 Å². The summed E-state index contributed by atoms with van der Waals surface area (Å²) < 4.78 is 4.59. The van der Waals surface area contributed by atoms with Crippen molar-refractivity contribution in [2.45, 2.75) is 115 Å². The number of amides is 6. The molecule has 59 heavy (non-hydrogen) atoms. The van der Waals surface area contributed by atoms with E-state index in [-0.39, 0.29) is 19.5 Å². The van der Waals surface area contributed by atoms with Gasteiger partial charge in [0.05, 0.1) is 13.7 Å². The van der Waals surface area contributed by atoms with Gasteiger partial charge in [-0.1, -0.05) is 49.7 Å². The van der Waals surface area contributed by atoms with E-state index in [1.54, 1.807) is 12.1 Å². The van der Waals surface area contributed by atoms with Crippen LogP contribution in [-0.4, -0.2) is 121 Å². The van der Waals surface area contributed by atoms with Gasteiger partial charge >= 0.3 is 5.97 Å². The van der Waals surface area contributed by atoms with Crippen molar-refractivity contribution in [2.75, 3.05) is 39.8 Å². The van der Waals surface area contributed by atoms with Crippen LogP contribution in [0, 0.1) is 0 Å². The monoisotopic (exact) mass is 818 g/mol. The summed E-state index contributed by atoms with van der Waals surface area (Å²) in [6.07, 6.45) is 7.14. The maximum atomic E-state index is 14.1. The summed E-state index contributed by atoms with van der Waals surface area (Å²) in [4.78, 5) is 94.6. The Hall–Kier alpha value is -5.35. The maximum absolute atomic E-state index is 14.1. The van der Waals surface area contributed by atoms with Crippen LogP contribution in [-0.2, 0) is 39.9 Å². The Bertz CT molecular complexity index is 1750. The van der Waals surface area contributed by atoms with Crippen molar-refractivity contribution in [3.8, 4) is 11.1 Å². The molecular weight excluding hydrogens is 757 g/mol. The predicted octanol–water partition coefficient (Wildman–Crippen LogP) is 1.53. The van der Waals surface area contributed by atoms with Gasteiger partial charge in [0, 0.05) is 12.1 Å². The first-order valence-electron chi connectivity index (χ1n) is 20.9. The molecule has 6 amide bonds. The molecule has 0 aliphatic carbocycles. The number of hydrogen-bond acceptors (Lipinski definition) is 10. The number of carbonyl (C=O) groups excluding carboxylic acids is 7. The average Bonchev–Trinajstić information content (AvgIpc) is 3.75. The normalized spacial score (nSPS) is 17.6. The number of methoxy groups -OCH3 is 1. The summed E-state index contributed by atoms with van der Waals surface area (Å²) in [6, 6.07) is 10.9. The smallest absolute Gasteiger partial charge is 0.325 e. The maximum Gasteiger partial charge on any atom is 0.325 e. The summed E-state index contributed by atoms with van der Waals surface area (Å²) in [5.41, 5.74) is 15.1. The molecule has 8 N–H and O–H groups in total. The minimum absolute atomic E-state index is 0.117. The minimum Gasteiger partial charge on any atom is -0.468 e. The molecule has 2 aliphatic heterocycles. The first-order chi connectivity index (χ1) is 28.4. The number of nitrogens with two attached hydrogens (primary N) is 2. The Morgan fingerprint density at radius 3 is 2.03 bits per heavy atom. The van der Waals surface area contributed by atoms with Gasteiger partial charge < -0.3 is 47.3 Å². The van der Waals surface area contributed by atoms with Gasteiger partial charge in [-0.05, 0) is 113 Å². The number of ether oxygens (including phenoxy) is 1. The van der Waals surface area contributed by atoms with Crippen molar-refractivity contribution >= 4 is 41.4 Å². The van der Waals surface area contributed by atoms with Crippen LogP contribution in [0.1, 0.15) is 94.0 Å². The average molecular weight is 819 g/mol. The van der Waals surface area contributed by atoms with Crippen LogP contribution < -0.4 is 32.7 Å². The van der Waals surface area contributed by atoms with Crippen LogP contribution in [0.4, 0.5) is 0 Å². The zero-order valence-corrected chi connectivity index (χ0v) is 34.6. The minimum atomic E-state index is -1.08. The lowest BCUT2D eigenvalue weighted by atomic mass is 10.0. The molecule has 16 nitrogen and oxygen atoms in total. The van der Waals surface area contributed by atoms with E-state index >= 15 is 0 Å². The Kier molecular flexibility index (Phi) is 18.3. The van der Waals surface area contributed by atoms with E-state index in [0.29, 0.717) is 70.1 Å². The Morgan fingerprint density at radius 2 is 1.44 bits per heavy atom. The number of likely N-dealkylation sites (tertiary alicyclic amines) is 2. The van der Waals surface area contributed by atoms with E-state index < -0.39 is 71.6 Å². The van der Waals surface area contributed by atoms with Gasteiger partial charge in [0.2, 0.25) is 29.5 Å². The molecule has 0 aromatic heterocycles. The number of nitrogens with zero attached hydrogens (tertiary/aromatic N) is 2. The highest BCUT2D eigenvalue weighted by Gasteiger charge is 2.41. The van der Waals surface area contributed by atoms with Crippen molar-refractivity contribution in [3.05, 3.63) is 59.7 Å². The molecule has 2 aliphatic rings. The van der Waals surface area contributed by atoms with Crippen LogP contribution in [0.2, 0.25) is 0 Å². The van der Waals surface area contributed by atoms with Crippen LogP contribution in [0.25, 0.3) is 11.1 Å². The predicted molar refractivity (Wildman–Crippen MR) is 222 cm³/mol.